The van der Waals surface area contributed by atoms with Gasteiger partial charge in [-0.2, -0.15) is 0 Å². The lowest BCUT2D eigenvalue weighted by atomic mass is 10.1. The molecule has 0 saturated heterocycles. The minimum absolute atomic E-state index is 0.330. The Balaban J connectivity index is 2.67. The van der Waals surface area contributed by atoms with Crippen LogP contribution < -0.4 is 0 Å². The van der Waals surface area contributed by atoms with Gasteiger partial charge >= 0.3 is 5.97 Å². The van der Waals surface area contributed by atoms with Crippen molar-refractivity contribution in [1.29, 1.82) is 0 Å². The van der Waals surface area contributed by atoms with Crippen molar-refractivity contribution in [2.24, 2.45) is 5.92 Å². The molecule has 0 spiro atoms. The van der Waals surface area contributed by atoms with E-state index in [4.69, 9.17) is 5.11 Å². The topological polar surface area (TPSA) is 57.6 Å². The van der Waals surface area contributed by atoms with Crippen LogP contribution in [-0.2, 0) is 16.1 Å². The smallest absolute Gasteiger partial charge is 0.315 e. The summed E-state index contributed by atoms with van der Waals surface area (Å²) in [5, 5.41) is 10.7. The highest BCUT2D eigenvalue weighted by molar-refractivity contribution is 7.09. The van der Waals surface area contributed by atoms with Gasteiger partial charge in [0.15, 0.2) is 0 Å². The number of nitrogens with zero attached hydrogens (tertiary/aromatic N) is 1. The third-order valence-electron chi connectivity index (χ3n) is 2.36. The zero-order valence-corrected chi connectivity index (χ0v) is 10.2. The first-order valence-corrected chi connectivity index (χ1v) is 5.98. The molecule has 0 aliphatic carbocycles. The summed E-state index contributed by atoms with van der Waals surface area (Å²) in [5.41, 5.74) is 0. The summed E-state index contributed by atoms with van der Waals surface area (Å²) in [7, 11) is 0. The van der Waals surface area contributed by atoms with E-state index >= 15 is 0 Å². The molecule has 1 amide bonds. The molecule has 0 aliphatic rings. The third kappa shape index (κ3) is 3.06. The number of carbonyl (C=O) groups is 2. The van der Waals surface area contributed by atoms with E-state index in [-0.39, 0.29) is 5.91 Å². The van der Waals surface area contributed by atoms with Gasteiger partial charge < -0.3 is 10.0 Å². The average molecular weight is 241 g/mol. The second-order valence-corrected chi connectivity index (χ2v) is 4.52. The Bertz CT molecular complexity index is 361. The first-order chi connectivity index (χ1) is 7.56. The van der Waals surface area contributed by atoms with Crippen LogP contribution in [0.5, 0.6) is 0 Å². The van der Waals surface area contributed by atoms with Crippen molar-refractivity contribution < 1.29 is 14.7 Å². The van der Waals surface area contributed by atoms with Gasteiger partial charge in [0.05, 0.1) is 6.54 Å². The number of thiophene rings is 1. The fourth-order valence-corrected chi connectivity index (χ4v) is 2.04. The fourth-order valence-electron chi connectivity index (χ4n) is 1.32. The Morgan fingerprint density at radius 2 is 2.25 bits per heavy atom. The van der Waals surface area contributed by atoms with E-state index in [1.165, 1.54) is 6.92 Å². The highest BCUT2D eigenvalue weighted by Crippen LogP contribution is 2.13. The monoisotopic (exact) mass is 241 g/mol. The van der Waals surface area contributed by atoms with Crippen LogP contribution in [0.1, 0.15) is 18.7 Å². The van der Waals surface area contributed by atoms with E-state index in [1.54, 1.807) is 16.2 Å². The summed E-state index contributed by atoms with van der Waals surface area (Å²) < 4.78 is 0. The van der Waals surface area contributed by atoms with Crippen LogP contribution in [0.3, 0.4) is 0 Å². The largest absolute Gasteiger partial charge is 0.481 e. The molecule has 1 N–H and O–H groups in total. The number of carboxylic acids is 1. The number of amides is 1. The maximum Gasteiger partial charge on any atom is 0.315 e. The Morgan fingerprint density at radius 3 is 2.69 bits per heavy atom. The third-order valence-corrected chi connectivity index (χ3v) is 3.22. The van der Waals surface area contributed by atoms with Crippen LogP contribution in [0, 0.1) is 5.92 Å². The summed E-state index contributed by atoms with van der Waals surface area (Å²) in [4.78, 5) is 25.1. The summed E-state index contributed by atoms with van der Waals surface area (Å²) in [6.07, 6.45) is 0. The van der Waals surface area contributed by atoms with Gasteiger partial charge in [-0.3, -0.25) is 9.59 Å². The first kappa shape index (κ1) is 12.7. The molecule has 1 aromatic rings. The Labute approximate surface area is 98.5 Å². The molecule has 1 rings (SSSR count). The molecule has 4 nitrogen and oxygen atoms in total. The van der Waals surface area contributed by atoms with Gasteiger partial charge in [0.1, 0.15) is 5.92 Å². The fraction of sp³-hybridized carbons (Fsp3) is 0.455. The molecule has 0 aliphatic heterocycles. The maximum atomic E-state index is 11.8. The average Bonchev–Trinajstić information content (AvgIpc) is 2.76. The van der Waals surface area contributed by atoms with Crippen molar-refractivity contribution in [3.63, 3.8) is 0 Å². The number of carboxylic acid groups (broad SMARTS) is 1. The van der Waals surface area contributed by atoms with Crippen molar-refractivity contribution in [2.75, 3.05) is 6.54 Å². The van der Waals surface area contributed by atoms with Gasteiger partial charge in [0.2, 0.25) is 5.91 Å². The molecule has 0 saturated carbocycles. The summed E-state index contributed by atoms with van der Waals surface area (Å²) >= 11 is 1.56. The predicted octanol–water partition coefficient (Wildman–Crippen LogP) is 1.82. The second-order valence-electron chi connectivity index (χ2n) is 3.49. The lowest BCUT2D eigenvalue weighted by Crippen LogP contribution is -2.37. The first-order valence-electron chi connectivity index (χ1n) is 5.10. The second kappa shape index (κ2) is 5.65. The number of hydrogen-bond donors (Lipinski definition) is 1. The standard InChI is InChI=1S/C11H15NO3S/c1-3-12(7-9-5-4-6-16-9)10(13)8(2)11(14)15/h4-6,8H,3,7H2,1-2H3,(H,14,15). The maximum absolute atomic E-state index is 11.8. The minimum Gasteiger partial charge on any atom is -0.481 e. The molecule has 0 radical (unpaired) electrons. The van der Waals surface area contributed by atoms with Crippen LogP contribution in [0.2, 0.25) is 0 Å². The molecular formula is C11H15NO3S. The van der Waals surface area contributed by atoms with Crippen LogP contribution >= 0.6 is 11.3 Å². The van der Waals surface area contributed by atoms with Gasteiger partial charge in [-0.25, -0.2) is 0 Å². The molecule has 1 atom stereocenters. The number of aliphatic carboxylic acids is 1. The Kier molecular flexibility index (Phi) is 4.49. The van der Waals surface area contributed by atoms with Crippen molar-refractivity contribution in [2.45, 2.75) is 20.4 Å². The highest BCUT2D eigenvalue weighted by Gasteiger charge is 2.25. The Morgan fingerprint density at radius 1 is 1.56 bits per heavy atom. The molecule has 0 fully saturated rings. The molecule has 1 heterocycles. The van der Waals surface area contributed by atoms with Crippen LogP contribution in [0.4, 0.5) is 0 Å². The van der Waals surface area contributed by atoms with Crippen molar-refractivity contribution in [3.05, 3.63) is 22.4 Å². The zero-order chi connectivity index (χ0) is 12.1. The highest BCUT2D eigenvalue weighted by atomic mass is 32.1. The van der Waals surface area contributed by atoms with Gasteiger partial charge in [0.25, 0.3) is 0 Å². The minimum atomic E-state index is -1.07. The Hall–Kier alpha value is -1.36. The normalized spacial score (nSPS) is 12.1. The van der Waals surface area contributed by atoms with Gasteiger partial charge in [-0.15, -0.1) is 11.3 Å². The van der Waals surface area contributed by atoms with Crippen molar-refractivity contribution >= 4 is 23.2 Å². The van der Waals surface area contributed by atoms with E-state index in [0.29, 0.717) is 13.1 Å². The molecular weight excluding hydrogens is 226 g/mol. The number of rotatable bonds is 5. The number of hydrogen-bond acceptors (Lipinski definition) is 3. The number of carbonyl (C=O) groups excluding carboxylic acids is 1. The SMILES string of the molecule is CCN(Cc1cccs1)C(=O)C(C)C(=O)O. The summed E-state index contributed by atoms with van der Waals surface area (Å²) in [6, 6.07) is 3.85. The predicted molar refractivity (Wildman–Crippen MR) is 62.2 cm³/mol. The van der Waals surface area contributed by atoms with E-state index < -0.39 is 11.9 Å². The van der Waals surface area contributed by atoms with Crippen LogP contribution in [-0.4, -0.2) is 28.4 Å². The van der Waals surface area contributed by atoms with Crippen molar-refractivity contribution in [3.8, 4) is 0 Å². The molecule has 0 aromatic carbocycles. The zero-order valence-electron chi connectivity index (χ0n) is 9.34. The van der Waals surface area contributed by atoms with Crippen LogP contribution in [0.15, 0.2) is 17.5 Å². The molecule has 1 unspecified atom stereocenters. The molecule has 88 valence electrons. The molecule has 5 heteroatoms. The van der Waals surface area contributed by atoms with E-state index in [0.717, 1.165) is 4.88 Å². The lowest BCUT2D eigenvalue weighted by Gasteiger charge is -2.22. The van der Waals surface area contributed by atoms with E-state index in [9.17, 15) is 9.59 Å². The molecule has 0 bridgehead atoms. The summed E-state index contributed by atoms with van der Waals surface area (Å²) in [5.74, 6) is -2.38. The quantitative estimate of drug-likeness (QED) is 0.800. The summed E-state index contributed by atoms with van der Waals surface area (Å²) in [6.45, 7) is 4.28. The van der Waals surface area contributed by atoms with Gasteiger partial charge in [0, 0.05) is 11.4 Å². The lowest BCUT2D eigenvalue weighted by molar-refractivity contribution is -0.150. The molecule has 1 aromatic heterocycles. The molecule has 16 heavy (non-hydrogen) atoms. The van der Waals surface area contributed by atoms with Gasteiger partial charge in [-0.05, 0) is 25.3 Å². The van der Waals surface area contributed by atoms with E-state index in [1.807, 2.05) is 24.4 Å². The van der Waals surface area contributed by atoms with Crippen LogP contribution in [0.25, 0.3) is 0 Å². The van der Waals surface area contributed by atoms with Gasteiger partial charge in [-0.1, -0.05) is 6.07 Å². The van der Waals surface area contributed by atoms with Crippen molar-refractivity contribution in [1.82, 2.24) is 4.90 Å². The van der Waals surface area contributed by atoms with E-state index in [2.05, 4.69) is 0 Å².